The average Bonchev–Trinajstić information content (AvgIpc) is 2.80. The van der Waals surface area contributed by atoms with Crippen molar-refractivity contribution in [3.05, 3.63) is 47.7 Å². The lowest BCUT2D eigenvalue weighted by molar-refractivity contribution is 0.489. The monoisotopic (exact) mass is 284 g/mol. The quantitative estimate of drug-likeness (QED) is 0.570. The zero-order valence-corrected chi connectivity index (χ0v) is 11.6. The lowest BCUT2D eigenvalue weighted by atomic mass is 10.2. The maximum absolute atomic E-state index is 7.59. The zero-order chi connectivity index (χ0) is 14.1. The van der Waals surface area contributed by atoms with Crippen LogP contribution in [0.1, 0.15) is 11.3 Å². The fourth-order valence-corrected chi connectivity index (χ4v) is 2.71. The maximum atomic E-state index is 7.59. The molecular weight excluding hydrogens is 272 g/mol. The van der Waals surface area contributed by atoms with Crippen LogP contribution in [0.4, 0.5) is 0 Å². The van der Waals surface area contributed by atoms with Gasteiger partial charge in [0.2, 0.25) is 0 Å². The SMILES string of the molecule is Cc1ccc(C(=N)N)c(Sc2nc3ccccc3o2)n1. The summed E-state index contributed by atoms with van der Waals surface area (Å²) in [5, 5.41) is 8.71. The van der Waals surface area contributed by atoms with E-state index in [9.17, 15) is 0 Å². The van der Waals surface area contributed by atoms with Gasteiger partial charge in [0.15, 0.2) is 5.58 Å². The van der Waals surface area contributed by atoms with Crippen LogP contribution in [0, 0.1) is 12.3 Å². The molecule has 0 saturated carbocycles. The van der Waals surface area contributed by atoms with Crippen molar-refractivity contribution >= 4 is 28.7 Å². The number of nitrogens with two attached hydrogens (primary N) is 1. The molecule has 6 heteroatoms. The van der Waals surface area contributed by atoms with Crippen LogP contribution < -0.4 is 5.73 Å². The molecule has 0 unspecified atom stereocenters. The summed E-state index contributed by atoms with van der Waals surface area (Å²) in [6.07, 6.45) is 0. The molecule has 0 fully saturated rings. The molecule has 3 N–H and O–H groups in total. The Balaban J connectivity index is 2.01. The topological polar surface area (TPSA) is 88.8 Å². The van der Waals surface area contributed by atoms with Gasteiger partial charge in [-0.1, -0.05) is 12.1 Å². The Hall–Kier alpha value is -2.34. The van der Waals surface area contributed by atoms with E-state index in [2.05, 4.69) is 9.97 Å². The molecule has 100 valence electrons. The molecule has 0 saturated heterocycles. The minimum atomic E-state index is -0.0175. The van der Waals surface area contributed by atoms with Crippen molar-refractivity contribution in [2.75, 3.05) is 0 Å². The number of fused-ring (bicyclic) bond motifs is 1. The number of hydrogen-bond donors (Lipinski definition) is 2. The summed E-state index contributed by atoms with van der Waals surface area (Å²) < 4.78 is 5.65. The minimum Gasteiger partial charge on any atom is -0.431 e. The Labute approximate surface area is 119 Å². The smallest absolute Gasteiger partial charge is 0.263 e. The molecule has 0 bridgehead atoms. The van der Waals surface area contributed by atoms with Crippen molar-refractivity contribution in [2.45, 2.75) is 17.2 Å². The normalized spacial score (nSPS) is 10.8. The molecule has 1 aromatic carbocycles. The second kappa shape index (κ2) is 4.97. The van der Waals surface area contributed by atoms with Crippen LogP contribution in [0.3, 0.4) is 0 Å². The Kier molecular flexibility index (Phi) is 3.15. The highest BCUT2D eigenvalue weighted by Gasteiger charge is 2.13. The molecule has 0 aliphatic carbocycles. The van der Waals surface area contributed by atoms with E-state index in [0.29, 0.717) is 15.8 Å². The van der Waals surface area contributed by atoms with E-state index in [1.807, 2.05) is 37.3 Å². The molecule has 0 amide bonds. The van der Waals surface area contributed by atoms with Gasteiger partial charge < -0.3 is 10.2 Å². The molecule has 0 atom stereocenters. The number of amidine groups is 1. The summed E-state index contributed by atoms with van der Waals surface area (Å²) in [6, 6.07) is 11.2. The minimum absolute atomic E-state index is 0.0175. The van der Waals surface area contributed by atoms with Gasteiger partial charge in [-0.25, -0.2) is 9.97 Å². The number of benzene rings is 1. The molecule has 2 heterocycles. The fraction of sp³-hybridized carbons (Fsp3) is 0.0714. The van der Waals surface area contributed by atoms with E-state index in [0.717, 1.165) is 16.8 Å². The van der Waals surface area contributed by atoms with E-state index < -0.39 is 0 Å². The highest BCUT2D eigenvalue weighted by molar-refractivity contribution is 7.99. The molecule has 2 aromatic heterocycles. The molecule has 0 spiro atoms. The van der Waals surface area contributed by atoms with Crippen molar-refractivity contribution < 1.29 is 4.42 Å². The number of oxazole rings is 1. The molecule has 0 aliphatic rings. The third kappa shape index (κ3) is 2.37. The van der Waals surface area contributed by atoms with E-state index in [-0.39, 0.29) is 5.84 Å². The van der Waals surface area contributed by atoms with Gasteiger partial charge in [0.1, 0.15) is 16.4 Å². The first-order chi connectivity index (χ1) is 9.63. The number of nitrogens with zero attached hydrogens (tertiary/aromatic N) is 2. The number of nitrogen functional groups attached to an aromatic ring is 1. The lowest BCUT2D eigenvalue weighted by Crippen LogP contribution is -2.13. The van der Waals surface area contributed by atoms with Crippen LogP contribution in [0.15, 0.2) is 51.1 Å². The molecule has 20 heavy (non-hydrogen) atoms. The van der Waals surface area contributed by atoms with Gasteiger partial charge in [0, 0.05) is 11.3 Å². The summed E-state index contributed by atoms with van der Waals surface area (Å²) in [5.74, 6) is -0.0175. The zero-order valence-electron chi connectivity index (χ0n) is 10.8. The second-order valence-electron chi connectivity index (χ2n) is 4.27. The first-order valence-electron chi connectivity index (χ1n) is 5.99. The molecule has 0 radical (unpaired) electrons. The Morgan fingerprint density at radius 1 is 1.20 bits per heavy atom. The highest BCUT2D eigenvalue weighted by Crippen LogP contribution is 2.30. The number of pyridine rings is 1. The predicted octanol–water partition coefficient (Wildman–Crippen LogP) is 2.97. The van der Waals surface area contributed by atoms with Crippen molar-refractivity contribution in [3.63, 3.8) is 0 Å². The Morgan fingerprint density at radius 3 is 2.75 bits per heavy atom. The summed E-state index contributed by atoms with van der Waals surface area (Å²) in [5.41, 5.74) is 8.54. The van der Waals surface area contributed by atoms with Crippen LogP contribution in [-0.4, -0.2) is 15.8 Å². The van der Waals surface area contributed by atoms with Crippen LogP contribution in [0.2, 0.25) is 0 Å². The summed E-state index contributed by atoms with van der Waals surface area (Å²) in [6.45, 7) is 1.89. The van der Waals surface area contributed by atoms with Crippen LogP contribution in [0.25, 0.3) is 11.1 Å². The van der Waals surface area contributed by atoms with Crippen LogP contribution >= 0.6 is 11.8 Å². The van der Waals surface area contributed by atoms with Gasteiger partial charge in [0.25, 0.3) is 5.22 Å². The first kappa shape index (κ1) is 12.7. The number of para-hydroxylation sites is 2. The summed E-state index contributed by atoms with van der Waals surface area (Å²) in [4.78, 5) is 8.79. The van der Waals surface area contributed by atoms with Crippen molar-refractivity contribution in [2.24, 2.45) is 5.73 Å². The maximum Gasteiger partial charge on any atom is 0.263 e. The molecule has 5 nitrogen and oxygen atoms in total. The van der Waals surface area contributed by atoms with Gasteiger partial charge in [-0.3, -0.25) is 5.41 Å². The van der Waals surface area contributed by atoms with Crippen molar-refractivity contribution in [1.29, 1.82) is 5.41 Å². The predicted molar refractivity (Wildman–Crippen MR) is 78.1 cm³/mol. The van der Waals surface area contributed by atoms with Crippen LogP contribution in [-0.2, 0) is 0 Å². The molecule has 0 aliphatic heterocycles. The highest BCUT2D eigenvalue weighted by atomic mass is 32.2. The van der Waals surface area contributed by atoms with E-state index in [1.165, 1.54) is 11.8 Å². The second-order valence-corrected chi connectivity index (χ2v) is 5.21. The van der Waals surface area contributed by atoms with Crippen LogP contribution in [0.5, 0.6) is 0 Å². The van der Waals surface area contributed by atoms with Gasteiger partial charge >= 0.3 is 0 Å². The Morgan fingerprint density at radius 2 is 2.00 bits per heavy atom. The number of aryl methyl sites for hydroxylation is 1. The molecule has 3 aromatic rings. The number of rotatable bonds is 3. The molecule has 3 rings (SSSR count). The summed E-state index contributed by atoms with van der Waals surface area (Å²) >= 11 is 1.27. The van der Waals surface area contributed by atoms with E-state index in [4.69, 9.17) is 15.6 Å². The number of aromatic nitrogens is 2. The van der Waals surface area contributed by atoms with Crippen molar-refractivity contribution in [1.82, 2.24) is 9.97 Å². The average molecular weight is 284 g/mol. The Bertz CT molecular complexity index is 764. The standard InChI is InChI=1S/C14H12N4OS/c1-8-6-7-9(12(15)16)13(17-8)20-14-18-10-4-2-3-5-11(10)19-14/h2-7H,1H3,(H3,15,16). The lowest BCUT2D eigenvalue weighted by Gasteiger charge is -2.05. The third-order valence-electron chi connectivity index (χ3n) is 2.75. The largest absolute Gasteiger partial charge is 0.431 e. The van der Waals surface area contributed by atoms with Gasteiger partial charge in [-0.15, -0.1) is 0 Å². The van der Waals surface area contributed by atoms with Gasteiger partial charge in [-0.2, -0.15) is 0 Å². The van der Waals surface area contributed by atoms with Gasteiger partial charge in [0.05, 0.1) is 0 Å². The van der Waals surface area contributed by atoms with E-state index in [1.54, 1.807) is 6.07 Å². The molecular formula is C14H12N4OS. The van der Waals surface area contributed by atoms with Gasteiger partial charge in [-0.05, 0) is 43.0 Å². The third-order valence-corrected chi connectivity index (χ3v) is 3.60. The number of hydrogen-bond acceptors (Lipinski definition) is 5. The van der Waals surface area contributed by atoms with E-state index >= 15 is 0 Å². The first-order valence-corrected chi connectivity index (χ1v) is 6.80. The number of nitrogens with one attached hydrogen (secondary N) is 1. The van der Waals surface area contributed by atoms with Crippen molar-refractivity contribution in [3.8, 4) is 0 Å². The summed E-state index contributed by atoms with van der Waals surface area (Å²) in [7, 11) is 0. The fourth-order valence-electron chi connectivity index (χ4n) is 1.79.